The van der Waals surface area contributed by atoms with Crippen molar-refractivity contribution < 1.29 is 14.1 Å². The first kappa shape index (κ1) is 20.5. The third kappa shape index (κ3) is 5.63. The van der Waals surface area contributed by atoms with Crippen molar-refractivity contribution in [1.29, 1.82) is 0 Å². The van der Waals surface area contributed by atoms with E-state index in [1.165, 1.54) is 30.0 Å². The number of thiazole rings is 1. The van der Waals surface area contributed by atoms with E-state index in [0.29, 0.717) is 29.1 Å². The van der Waals surface area contributed by atoms with Gasteiger partial charge in [-0.05, 0) is 19.1 Å². The fourth-order valence-electron chi connectivity index (χ4n) is 2.28. The van der Waals surface area contributed by atoms with Crippen molar-refractivity contribution in [3.63, 3.8) is 0 Å². The van der Waals surface area contributed by atoms with Crippen molar-refractivity contribution in [2.45, 2.75) is 33.1 Å². The molecule has 0 spiro atoms. The maximum atomic E-state index is 12.2. The van der Waals surface area contributed by atoms with Gasteiger partial charge < -0.3 is 15.2 Å². The van der Waals surface area contributed by atoms with Crippen LogP contribution in [0.25, 0.3) is 10.6 Å². The smallest absolute Gasteiger partial charge is 0.236 e. The summed E-state index contributed by atoms with van der Waals surface area (Å²) in [5, 5.41) is 10.0. The fourth-order valence-corrected chi connectivity index (χ4v) is 4.84. The zero-order valence-electron chi connectivity index (χ0n) is 15.6. The highest BCUT2D eigenvalue weighted by molar-refractivity contribution is 7.99. The number of nitrogens with one attached hydrogen (secondary N) is 2. The summed E-state index contributed by atoms with van der Waals surface area (Å²) in [5.41, 5.74) is 0.856. The van der Waals surface area contributed by atoms with Gasteiger partial charge in [-0.2, -0.15) is 4.98 Å². The van der Waals surface area contributed by atoms with Crippen molar-refractivity contribution in [2.75, 3.05) is 11.1 Å². The highest BCUT2D eigenvalue weighted by Gasteiger charge is 2.14. The first-order valence-corrected chi connectivity index (χ1v) is 11.2. The van der Waals surface area contributed by atoms with E-state index < -0.39 is 0 Å². The first-order chi connectivity index (χ1) is 13.4. The number of aromatic nitrogens is 3. The molecule has 0 aliphatic rings. The second-order valence-electron chi connectivity index (χ2n) is 5.87. The van der Waals surface area contributed by atoms with Crippen molar-refractivity contribution in [2.24, 2.45) is 0 Å². The average Bonchev–Trinajstić information content (AvgIpc) is 3.33. The van der Waals surface area contributed by atoms with Crippen LogP contribution in [0.4, 0.5) is 5.13 Å². The van der Waals surface area contributed by atoms with Crippen LogP contribution in [0.5, 0.6) is 0 Å². The lowest BCUT2D eigenvalue weighted by Crippen LogP contribution is -2.17. The van der Waals surface area contributed by atoms with Crippen LogP contribution in [0.15, 0.2) is 16.7 Å². The Balaban J connectivity index is 1.54. The Morgan fingerprint density at radius 2 is 2.04 bits per heavy atom. The van der Waals surface area contributed by atoms with E-state index >= 15 is 0 Å². The number of thioether (sulfide) groups is 1. The number of nitrogens with zero attached hydrogens (tertiary/aromatic N) is 3. The molecule has 8 nitrogen and oxygen atoms in total. The zero-order chi connectivity index (χ0) is 20.1. The van der Waals surface area contributed by atoms with Crippen LogP contribution < -0.4 is 10.6 Å². The van der Waals surface area contributed by atoms with E-state index in [0.717, 1.165) is 20.3 Å². The molecule has 0 bridgehead atoms. The molecular formula is C17H19N5O3S3. The van der Waals surface area contributed by atoms with E-state index in [1.54, 1.807) is 18.3 Å². The largest absolute Gasteiger partial charge is 0.351 e. The summed E-state index contributed by atoms with van der Waals surface area (Å²) < 4.78 is 4.90. The normalized spacial score (nSPS) is 10.8. The van der Waals surface area contributed by atoms with Crippen LogP contribution >= 0.6 is 34.4 Å². The van der Waals surface area contributed by atoms with Crippen LogP contribution in [0.3, 0.4) is 0 Å². The van der Waals surface area contributed by atoms with E-state index in [9.17, 15) is 9.59 Å². The maximum Gasteiger partial charge on any atom is 0.236 e. The molecule has 0 aliphatic heterocycles. The van der Waals surface area contributed by atoms with Crippen molar-refractivity contribution >= 4 is 51.4 Å². The molecule has 2 N–H and O–H groups in total. The zero-order valence-corrected chi connectivity index (χ0v) is 18.0. The third-order valence-electron chi connectivity index (χ3n) is 3.48. The fraction of sp³-hybridized carbons (Fsp3) is 0.353. The molecule has 3 aromatic rings. The Labute approximate surface area is 174 Å². The Kier molecular flexibility index (Phi) is 6.81. The lowest BCUT2D eigenvalue weighted by molar-refractivity contribution is -0.119. The van der Waals surface area contributed by atoms with Crippen LogP contribution in [-0.4, -0.2) is 32.7 Å². The Hall–Kier alpha value is -2.24. The van der Waals surface area contributed by atoms with Gasteiger partial charge in [0.2, 0.25) is 17.7 Å². The molecule has 3 aromatic heterocycles. The van der Waals surface area contributed by atoms with Crippen molar-refractivity contribution in [1.82, 2.24) is 20.4 Å². The van der Waals surface area contributed by atoms with E-state index in [4.69, 9.17) is 4.52 Å². The van der Waals surface area contributed by atoms with Gasteiger partial charge in [-0.15, -0.1) is 34.4 Å². The van der Waals surface area contributed by atoms with Gasteiger partial charge in [-0.1, -0.05) is 5.16 Å². The molecular weight excluding hydrogens is 418 g/mol. The van der Waals surface area contributed by atoms with Gasteiger partial charge in [0.1, 0.15) is 0 Å². The monoisotopic (exact) mass is 437 g/mol. The van der Waals surface area contributed by atoms with Crippen LogP contribution in [0.1, 0.15) is 28.4 Å². The second kappa shape index (κ2) is 9.30. The summed E-state index contributed by atoms with van der Waals surface area (Å²) >= 11 is 4.43. The number of carbonyl (C=O) groups is 2. The van der Waals surface area contributed by atoms with Gasteiger partial charge >= 0.3 is 0 Å². The summed E-state index contributed by atoms with van der Waals surface area (Å²) in [7, 11) is 0. The summed E-state index contributed by atoms with van der Waals surface area (Å²) in [6, 6.07) is 3.96. The maximum absolute atomic E-state index is 12.2. The number of anilines is 1. The number of hydrogen-bond donors (Lipinski definition) is 2. The molecule has 0 saturated heterocycles. The van der Waals surface area contributed by atoms with E-state index in [-0.39, 0.29) is 17.6 Å². The highest BCUT2D eigenvalue weighted by atomic mass is 32.2. The minimum absolute atomic E-state index is 0.0582. The lowest BCUT2D eigenvalue weighted by atomic mass is 10.3. The number of carbonyl (C=O) groups excluding carboxylic acids is 2. The molecule has 2 amide bonds. The number of thiophene rings is 1. The third-order valence-corrected chi connectivity index (χ3v) is 6.39. The number of amides is 2. The first-order valence-electron chi connectivity index (χ1n) is 8.38. The van der Waals surface area contributed by atoms with Crippen LogP contribution in [-0.2, 0) is 21.9 Å². The SMILES string of the molecule is CC(=O)NCc1ccc(-c2nc(NC(=O)CSCc3noc(C)n3)sc2C)s1. The number of rotatable bonds is 8. The van der Waals surface area contributed by atoms with Crippen molar-refractivity contribution in [3.05, 3.63) is 33.6 Å². The highest BCUT2D eigenvalue weighted by Crippen LogP contribution is 2.34. The topological polar surface area (TPSA) is 110 Å². The van der Waals surface area contributed by atoms with Gasteiger partial charge in [0, 0.05) is 23.6 Å². The molecule has 0 radical (unpaired) electrons. The van der Waals surface area contributed by atoms with Gasteiger partial charge in [-0.25, -0.2) is 4.98 Å². The van der Waals surface area contributed by atoms with Gasteiger partial charge in [0.25, 0.3) is 0 Å². The predicted molar refractivity (Wildman–Crippen MR) is 112 cm³/mol. The molecule has 0 unspecified atom stereocenters. The molecule has 11 heteroatoms. The Bertz CT molecular complexity index is 979. The Morgan fingerprint density at radius 1 is 1.21 bits per heavy atom. The minimum atomic E-state index is -0.122. The molecule has 0 aliphatic carbocycles. The predicted octanol–water partition coefficient (Wildman–Crippen LogP) is 3.38. The van der Waals surface area contributed by atoms with Gasteiger partial charge in [0.15, 0.2) is 11.0 Å². The van der Waals surface area contributed by atoms with E-state index in [2.05, 4.69) is 25.8 Å². The summed E-state index contributed by atoms with van der Waals surface area (Å²) in [5.74, 6) is 1.70. The molecule has 0 aromatic carbocycles. The number of aryl methyl sites for hydroxylation is 2. The molecule has 0 fully saturated rings. The molecule has 3 heterocycles. The molecule has 28 heavy (non-hydrogen) atoms. The lowest BCUT2D eigenvalue weighted by Gasteiger charge is -2.00. The minimum Gasteiger partial charge on any atom is -0.351 e. The van der Waals surface area contributed by atoms with Gasteiger partial charge in [-0.3, -0.25) is 9.59 Å². The van der Waals surface area contributed by atoms with Crippen LogP contribution in [0, 0.1) is 13.8 Å². The number of hydrogen-bond acceptors (Lipinski definition) is 9. The van der Waals surface area contributed by atoms with Crippen LogP contribution in [0.2, 0.25) is 0 Å². The molecule has 148 valence electrons. The molecule has 0 saturated carbocycles. The van der Waals surface area contributed by atoms with Gasteiger partial charge in [0.05, 0.1) is 28.6 Å². The van der Waals surface area contributed by atoms with E-state index in [1.807, 2.05) is 19.1 Å². The Morgan fingerprint density at radius 3 is 2.75 bits per heavy atom. The summed E-state index contributed by atoms with van der Waals surface area (Å²) in [4.78, 5) is 34.9. The molecule has 3 rings (SSSR count). The quantitative estimate of drug-likeness (QED) is 0.556. The summed E-state index contributed by atoms with van der Waals surface area (Å²) in [6.45, 7) is 5.70. The average molecular weight is 438 g/mol. The standard InChI is InChI=1S/C17H19N5O3S3/c1-9-16(13-5-4-12(28-13)6-18-10(2)23)21-17(27-9)20-15(24)8-26-7-14-19-11(3)25-22-14/h4-5H,6-8H2,1-3H3,(H,18,23)(H,20,21,24). The second-order valence-corrected chi connectivity index (χ2v) is 9.23. The molecule has 0 atom stereocenters. The van der Waals surface area contributed by atoms with Crippen molar-refractivity contribution in [3.8, 4) is 10.6 Å². The summed E-state index contributed by atoms with van der Waals surface area (Å²) in [6.07, 6.45) is 0.